The van der Waals surface area contributed by atoms with Crippen LogP contribution in [0.2, 0.25) is 0 Å². The Labute approximate surface area is 124 Å². The maximum atomic E-state index is 5.80. The first kappa shape index (κ1) is 13.8. The van der Waals surface area contributed by atoms with Crippen LogP contribution < -0.4 is 15.8 Å². The number of hydrogen-bond acceptors (Lipinski definition) is 5. The van der Waals surface area contributed by atoms with E-state index in [4.69, 9.17) is 10.5 Å². The Morgan fingerprint density at radius 1 is 1.29 bits per heavy atom. The van der Waals surface area contributed by atoms with Gasteiger partial charge in [0.1, 0.15) is 5.75 Å². The van der Waals surface area contributed by atoms with Crippen LogP contribution in [0.3, 0.4) is 0 Å². The number of aromatic nitrogens is 2. The minimum atomic E-state index is 0.341. The summed E-state index contributed by atoms with van der Waals surface area (Å²) in [4.78, 5) is 8.68. The second kappa shape index (κ2) is 6.10. The van der Waals surface area contributed by atoms with Crippen LogP contribution in [0.4, 0.5) is 5.95 Å². The third-order valence-corrected chi connectivity index (χ3v) is 3.92. The smallest absolute Gasteiger partial charge is 0.220 e. The fraction of sp³-hybridized carbons (Fsp3) is 0.375. The SMILES string of the molecule is COc1ccc(-c2cnc(N)nc2C2CCCNC2)cc1. The first-order chi connectivity index (χ1) is 10.3. The maximum absolute atomic E-state index is 5.80. The van der Waals surface area contributed by atoms with Gasteiger partial charge < -0.3 is 15.8 Å². The van der Waals surface area contributed by atoms with Gasteiger partial charge in [-0.3, -0.25) is 0 Å². The van der Waals surface area contributed by atoms with Crippen molar-refractivity contribution >= 4 is 5.95 Å². The third kappa shape index (κ3) is 2.97. The molecule has 3 rings (SSSR count). The average molecular weight is 284 g/mol. The summed E-state index contributed by atoms with van der Waals surface area (Å²) in [5.74, 6) is 1.57. The van der Waals surface area contributed by atoms with E-state index >= 15 is 0 Å². The van der Waals surface area contributed by atoms with Crippen molar-refractivity contribution in [2.75, 3.05) is 25.9 Å². The zero-order chi connectivity index (χ0) is 14.7. The van der Waals surface area contributed by atoms with Gasteiger partial charge in [0.2, 0.25) is 5.95 Å². The van der Waals surface area contributed by atoms with E-state index in [0.29, 0.717) is 11.9 Å². The third-order valence-electron chi connectivity index (χ3n) is 3.92. The van der Waals surface area contributed by atoms with Crippen molar-refractivity contribution in [2.24, 2.45) is 0 Å². The molecule has 1 aliphatic rings. The summed E-state index contributed by atoms with van der Waals surface area (Å²) in [5.41, 5.74) is 8.99. The summed E-state index contributed by atoms with van der Waals surface area (Å²) in [7, 11) is 1.67. The molecular weight excluding hydrogens is 264 g/mol. The minimum absolute atomic E-state index is 0.341. The van der Waals surface area contributed by atoms with Crippen molar-refractivity contribution in [2.45, 2.75) is 18.8 Å². The lowest BCUT2D eigenvalue weighted by Crippen LogP contribution is -2.29. The van der Waals surface area contributed by atoms with Gasteiger partial charge in [-0.1, -0.05) is 12.1 Å². The van der Waals surface area contributed by atoms with Gasteiger partial charge in [0.05, 0.1) is 12.8 Å². The van der Waals surface area contributed by atoms with Crippen molar-refractivity contribution < 1.29 is 4.74 Å². The van der Waals surface area contributed by atoms with Gasteiger partial charge in [-0.25, -0.2) is 9.97 Å². The molecule has 1 aliphatic heterocycles. The highest BCUT2D eigenvalue weighted by atomic mass is 16.5. The van der Waals surface area contributed by atoms with E-state index in [1.807, 2.05) is 30.5 Å². The number of anilines is 1. The van der Waals surface area contributed by atoms with E-state index < -0.39 is 0 Å². The molecule has 5 nitrogen and oxygen atoms in total. The Balaban J connectivity index is 1.99. The molecule has 1 aromatic carbocycles. The van der Waals surface area contributed by atoms with Crippen molar-refractivity contribution in [3.05, 3.63) is 36.2 Å². The molecule has 21 heavy (non-hydrogen) atoms. The van der Waals surface area contributed by atoms with Crippen molar-refractivity contribution in [3.63, 3.8) is 0 Å². The number of ether oxygens (including phenoxy) is 1. The predicted octanol–water partition coefficient (Wildman–Crippen LogP) is 2.20. The molecule has 0 bridgehead atoms. The number of methoxy groups -OCH3 is 1. The Kier molecular flexibility index (Phi) is 4.01. The normalized spacial score (nSPS) is 18.4. The van der Waals surface area contributed by atoms with Gasteiger partial charge in [-0.05, 0) is 37.1 Å². The number of benzene rings is 1. The lowest BCUT2D eigenvalue weighted by Gasteiger charge is -2.24. The largest absolute Gasteiger partial charge is 0.497 e. The van der Waals surface area contributed by atoms with Gasteiger partial charge in [0.15, 0.2) is 0 Å². The highest BCUT2D eigenvalue weighted by Crippen LogP contribution is 2.32. The van der Waals surface area contributed by atoms with Crippen LogP contribution in [-0.2, 0) is 0 Å². The molecule has 110 valence electrons. The highest BCUT2D eigenvalue weighted by Gasteiger charge is 2.21. The number of rotatable bonds is 3. The molecule has 1 fully saturated rings. The molecule has 1 saturated heterocycles. The van der Waals surface area contributed by atoms with Crippen molar-refractivity contribution in [1.29, 1.82) is 0 Å². The quantitative estimate of drug-likeness (QED) is 0.904. The van der Waals surface area contributed by atoms with Gasteiger partial charge in [-0.2, -0.15) is 0 Å². The lowest BCUT2D eigenvalue weighted by molar-refractivity contribution is 0.415. The summed E-state index contributed by atoms with van der Waals surface area (Å²) in [5, 5.41) is 3.43. The van der Waals surface area contributed by atoms with Crippen LogP contribution in [-0.4, -0.2) is 30.2 Å². The van der Waals surface area contributed by atoms with Crippen LogP contribution in [0, 0.1) is 0 Å². The summed E-state index contributed by atoms with van der Waals surface area (Å²) in [6.07, 6.45) is 4.12. The van der Waals surface area contributed by atoms with E-state index in [1.54, 1.807) is 7.11 Å². The molecule has 1 unspecified atom stereocenters. The summed E-state index contributed by atoms with van der Waals surface area (Å²) in [6, 6.07) is 7.98. The number of nitrogens with one attached hydrogen (secondary N) is 1. The molecule has 0 amide bonds. The second-order valence-electron chi connectivity index (χ2n) is 5.30. The topological polar surface area (TPSA) is 73.1 Å². The van der Waals surface area contributed by atoms with E-state index in [1.165, 1.54) is 0 Å². The van der Waals surface area contributed by atoms with Gasteiger partial charge >= 0.3 is 0 Å². The molecule has 0 saturated carbocycles. The molecule has 1 aromatic heterocycles. The highest BCUT2D eigenvalue weighted by molar-refractivity contribution is 5.67. The number of nitrogen functional groups attached to an aromatic ring is 1. The zero-order valence-corrected chi connectivity index (χ0v) is 12.2. The number of piperidine rings is 1. The van der Waals surface area contributed by atoms with Crippen molar-refractivity contribution in [1.82, 2.24) is 15.3 Å². The molecule has 3 N–H and O–H groups in total. The van der Waals surface area contributed by atoms with E-state index in [2.05, 4.69) is 15.3 Å². The van der Waals surface area contributed by atoms with Crippen LogP contribution in [0.1, 0.15) is 24.5 Å². The molecule has 0 aliphatic carbocycles. The molecule has 2 heterocycles. The summed E-state index contributed by atoms with van der Waals surface area (Å²) in [6.45, 7) is 2.02. The van der Waals surface area contributed by atoms with Crippen molar-refractivity contribution in [3.8, 4) is 16.9 Å². The van der Waals surface area contributed by atoms with E-state index in [9.17, 15) is 0 Å². The number of nitrogens with zero attached hydrogens (tertiary/aromatic N) is 2. The van der Waals surface area contributed by atoms with Gasteiger partial charge in [0, 0.05) is 24.2 Å². The molecule has 1 atom stereocenters. The van der Waals surface area contributed by atoms with Crippen LogP contribution in [0.5, 0.6) is 5.75 Å². The van der Waals surface area contributed by atoms with E-state index in [-0.39, 0.29) is 0 Å². The maximum Gasteiger partial charge on any atom is 0.220 e. The summed E-state index contributed by atoms with van der Waals surface area (Å²) < 4.78 is 5.21. The van der Waals surface area contributed by atoms with Crippen LogP contribution in [0.25, 0.3) is 11.1 Å². The fourth-order valence-electron chi connectivity index (χ4n) is 2.80. The predicted molar refractivity (Wildman–Crippen MR) is 83.3 cm³/mol. The zero-order valence-electron chi connectivity index (χ0n) is 12.2. The molecule has 2 aromatic rings. The number of hydrogen-bond donors (Lipinski definition) is 2. The average Bonchev–Trinajstić information content (AvgIpc) is 2.56. The minimum Gasteiger partial charge on any atom is -0.497 e. The van der Waals surface area contributed by atoms with E-state index in [0.717, 1.165) is 48.5 Å². The molecule has 0 radical (unpaired) electrons. The monoisotopic (exact) mass is 284 g/mol. The number of nitrogens with two attached hydrogens (primary N) is 1. The van der Waals surface area contributed by atoms with Gasteiger partial charge in [-0.15, -0.1) is 0 Å². The molecule has 0 spiro atoms. The van der Waals surface area contributed by atoms with Crippen LogP contribution in [0.15, 0.2) is 30.5 Å². The Morgan fingerprint density at radius 2 is 2.10 bits per heavy atom. The Hall–Kier alpha value is -2.14. The molecular formula is C16H20N4O. The molecule has 5 heteroatoms. The standard InChI is InChI=1S/C16H20N4O/c1-21-13-6-4-11(5-7-13)14-10-19-16(17)20-15(14)12-3-2-8-18-9-12/h4-7,10,12,18H,2-3,8-9H2,1H3,(H2,17,19,20). The lowest BCUT2D eigenvalue weighted by atomic mass is 9.91. The fourth-order valence-corrected chi connectivity index (χ4v) is 2.80. The van der Waals surface area contributed by atoms with Crippen LogP contribution >= 0.6 is 0 Å². The Morgan fingerprint density at radius 3 is 2.76 bits per heavy atom. The van der Waals surface area contributed by atoms with Gasteiger partial charge in [0.25, 0.3) is 0 Å². The first-order valence-electron chi connectivity index (χ1n) is 7.25. The Bertz CT molecular complexity index is 606. The summed E-state index contributed by atoms with van der Waals surface area (Å²) >= 11 is 0. The second-order valence-corrected chi connectivity index (χ2v) is 5.30. The first-order valence-corrected chi connectivity index (χ1v) is 7.25.